The third-order valence-electron chi connectivity index (χ3n) is 4.75. The van der Waals surface area contributed by atoms with Crippen molar-refractivity contribution in [2.45, 2.75) is 52.1 Å². The van der Waals surface area contributed by atoms with Gasteiger partial charge in [-0.15, -0.1) is 0 Å². The highest BCUT2D eigenvalue weighted by atomic mass is 16.7. The first kappa shape index (κ1) is 13.7. The van der Waals surface area contributed by atoms with Gasteiger partial charge in [0.15, 0.2) is 11.5 Å². The highest BCUT2D eigenvalue weighted by Gasteiger charge is 2.23. The Balaban J connectivity index is 1.48. The maximum absolute atomic E-state index is 5.42. The first-order valence-electron chi connectivity index (χ1n) is 7.84. The van der Waals surface area contributed by atoms with E-state index in [4.69, 9.17) is 9.47 Å². The topological polar surface area (TPSA) is 30.5 Å². The van der Waals surface area contributed by atoms with Crippen molar-refractivity contribution in [2.75, 3.05) is 6.79 Å². The number of benzene rings is 1. The van der Waals surface area contributed by atoms with Crippen LogP contribution in [0, 0.1) is 11.8 Å². The van der Waals surface area contributed by atoms with Crippen LogP contribution in [0.25, 0.3) is 0 Å². The standard InChI is InChI=1S/C17H25NO2/c1-12(2)14-4-6-15(7-5-14)18-10-13-3-8-16-17(9-13)20-11-19-16/h3,8-9,12,14-15,18H,4-7,10-11H2,1-2H3. The summed E-state index contributed by atoms with van der Waals surface area (Å²) in [5.74, 6) is 3.52. The Labute approximate surface area is 121 Å². The van der Waals surface area contributed by atoms with Crippen molar-refractivity contribution in [1.82, 2.24) is 5.32 Å². The molecule has 0 spiro atoms. The van der Waals surface area contributed by atoms with Crippen LogP contribution in [0.5, 0.6) is 11.5 Å². The molecule has 0 radical (unpaired) electrons. The number of fused-ring (bicyclic) bond motifs is 1. The molecule has 3 heteroatoms. The maximum atomic E-state index is 5.42. The summed E-state index contributed by atoms with van der Waals surface area (Å²) in [6.07, 6.45) is 5.37. The second-order valence-corrected chi connectivity index (χ2v) is 6.42. The molecule has 1 aromatic rings. The van der Waals surface area contributed by atoms with Crippen molar-refractivity contribution in [3.8, 4) is 11.5 Å². The van der Waals surface area contributed by atoms with Crippen molar-refractivity contribution in [2.24, 2.45) is 11.8 Å². The quantitative estimate of drug-likeness (QED) is 0.908. The van der Waals surface area contributed by atoms with Crippen molar-refractivity contribution in [3.05, 3.63) is 23.8 Å². The smallest absolute Gasteiger partial charge is 0.231 e. The average Bonchev–Trinajstić information content (AvgIpc) is 2.93. The zero-order valence-corrected chi connectivity index (χ0v) is 12.5. The highest BCUT2D eigenvalue weighted by Crippen LogP contribution is 2.33. The fourth-order valence-corrected chi connectivity index (χ4v) is 3.30. The Bertz CT molecular complexity index is 450. The molecule has 0 amide bonds. The molecular weight excluding hydrogens is 250 g/mol. The van der Waals surface area contributed by atoms with Crippen molar-refractivity contribution in [1.29, 1.82) is 0 Å². The van der Waals surface area contributed by atoms with Crippen LogP contribution in [0.15, 0.2) is 18.2 Å². The summed E-state index contributed by atoms with van der Waals surface area (Å²) >= 11 is 0. The van der Waals surface area contributed by atoms with Gasteiger partial charge in [-0.3, -0.25) is 0 Å². The summed E-state index contributed by atoms with van der Waals surface area (Å²) in [6, 6.07) is 6.90. The lowest BCUT2D eigenvalue weighted by atomic mass is 9.80. The first-order valence-corrected chi connectivity index (χ1v) is 7.84. The molecule has 1 aliphatic carbocycles. The number of rotatable bonds is 4. The lowest BCUT2D eigenvalue weighted by Gasteiger charge is -2.31. The molecule has 3 rings (SSSR count). The van der Waals surface area contributed by atoms with E-state index in [0.29, 0.717) is 12.8 Å². The number of hydrogen-bond donors (Lipinski definition) is 1. The van der Waals surface area contributed by atoms with Crippen LogP contribution in [0.3, 0.4) is 0 Å². The summed E-state index contributed by atoms with van der Waals surface area (Å²) in [4.78, 5) is 0. The van der Waals surface area contributed by atoms with E-state index < -0.39 is 0 Å². The zero-order valence-electron chi connectivity index (χ0n) is 12.5. The summed E-state index contributed by atoms with van der Waals surface area (Å²) < 4.78 is 10.8. The Morgan fingerprint density at radius 1 is 1.10 bits per heavy atom. The van der Waals surface area contributed by atoms with E-state index in [-0.39, 0.29) is 0 Å². The van der Waals surface area contributed by atoms with Gasteiger partial charge >= 0.3 is 0 Å². The number of hydrogen-bond acceptors (Lipinski definition) is 3. The monoisotopic (exact) mass is 275 g/mol. The van der Waals surface area contributed by atoms with Crippen molar-refractivity contribution in [3.63, 3.8) is 0 Å². The van der Waals surface area contributed by atoms with E-state index in [1.165, 1.54) is 31.2 Å². The fraction of sp³-hybridized carbons (Fsp3) is 0.647. The van der Waals surface area contributed by atoms with E-state index in [1.807, 2.05) is 6.07 Å². The van der Waals surface area contributed by atoms with Gasteiger partial charge in [0, 0.05) is 12.6 Å². The second-order valence-electron chi connectivity index (χ2n) is 6.42. The third-order valence-corrected chi connectivity index (χ3v) is 4.75. The molecule has 1 aliphatic heterocycles. The lowest BCUT2D eigenvalue weighted by Crippen LogP contribution is -2.33. The normalized spacial score (nSPS) is 25.1. The molecule has 1 N–H and O–H groups in total. The predicted octanol–water partition coefficient (Wildman–Crippen LogP) is 3.72. The van der Waals surface area contributed by atoms with E-state index in [0.717, 1.165) is 29.9 Å². The van der Waals surface area contributed by atoms with Gasteiger partial charge in [-0.1, -0.05) is 19.9 Å². The largest absolute Gasteiger partial charge is 0.454 e. The molecule has 0 aromatic heterocycles. The Morgan fingerprint density at radius 2 is 1.85 bits per heavy atom. The predicted molar refractivity (Wildman–Crippen MR) is 80.0 cm³/mol. The molecule has 0 bridgehead atoms. The molecule has 1 saturated carbocycles. The van der Waals surface area contributed by atoms with Gasteiger partial charge in [-0.2, -0.15) is 0 Å². The van der Waals surface area contributed by atoms with Gasteiger partial charge in [-0.25, -0.2) is 0 Å². The third kappa shape index (κ3) is 3.09. The van der Waals surface area contributed by atoms with Gasteiger partial charge < -0.3 is 14.8 Å². The summed E-state index contributed by atoms with van der Waals surface area (Å²) in [7, 11) is 0. The van der Waals surface area contributed by atoms with Gasteiger partial charge in [0.1, 0.15) is 0 Å². The van der Waals surface area contributed by atoms with Crippen LogP contribution in [0.4, 0.5) is 0 Å². The second kappa shape index (κ2) is 6.04. The molecule has 1 fully saturated rings. The van der Waals surface area contributed by atoms with Crippen LogP contribution < -0.4 is 14.8 Å². The van der Waals surface area contributed by atoms with E-state index in [2.05, 4.69) is 31.3 Å². The molecule has 3 nitrogen and oxygen atoms in total. The van der Waals surface area contributed by atoms with Crippen LogP contribution in [-0.2, 0) is 6.54 Å². The van der Waals surface area contributed by atoms with Crippen LogP contribution in [0.2, 0.25) is 0 Å². The molecule has 0 unspecified atom stereocenters. The van der Waals surface area contributed by atoms with Crippen molar-refractivity contribution < 1.29 is 9.47 Å². The van der Waals surface area contributed by atoms with Crippen LogP contribution >= 0.6 is 0 Å². The summed E-state index contributed by atoms with van der Waals surface area (Å²) in [5.41, 5.74) is 1.28. The summed E-state index contributed by atoms with van der Waals surface area (Å²) in [5, 5.41) is 3.69. The Morgan fingerprint density at radius 3 is 2.60 bits per heavy atom. The molecule has 0 saturated heterocycles. The van der Waals surface area contributed by atoms with Gasteiger partial charge in [0.25, 0.3) is 0 Å². The number of ether oxygens (including phenoxy) is 2. The lowest BCUT2D eigenvalue weighted by molar-refractivity contribution is 0.174. The molecule has 2 aliphatic rings. The summed E-state index contributed by atoms with van der Waals surface area (Å²) in [6.45, 7) is 5.98. The number of nitrogens with one attached hydrogen (secondary N) is 1. The molecule has 1 heterocycles. The zero-order chi connectivity index (χ0) is 13.9. The van der Waals surface area contributed by atoms with Crippen LogP contribution in [-0.4, -0.2) is 12.8 Å². The minimum absolute atomic E-state index is 0.353. The van der Waals surface area contributed by atoms with Crippen LogP contribution in [0.1, 0.15) is 45.1 Å². The molecule has 20 heavy (non-hydrogen) atoms. The van der Waals surface area contributed by atoms with E-state index in [1.54, 1.807) is 0 Å². The molecule has 1 aromatic carbocycles. The van der Waals surface area contributed by atoms with Crippen molar-refractivity contribution >= 4 is 0 Å². The molecular formula is C17H25NO2. The minimum atomic E-state index is 0.353. The minimum Gasteiger partial charge on any atom is -0.454 e. The molecule has 110 valence electrons. The average molecular weight is 275 g/mol. The Hall–Kier alpha value is -1.22. The van der Waals surface area contributed by atoms with Gasteiger partial charge in [0.05, 0.1) is 0 Å². The SMILES string of the molecule is CC(C)C1CCC(NCc2ccc3c(c2)OCO3)CC1. The Kier molecular flexibility index (Phi) is 4.16. The highest BCUT2D eigenvalue weighted by molar-refractivity contribution is 5.44. The fourth-order valence-electron chi connectivity index (χ4n) is 3.30. The van der Waals surface area contributed by atoms with E-state index in [9.17, 15) is 0 Å². The molecule has 0 atom stereocenters. The van der Waals surface area contributed by atoms with Gasteiger partial charge in [0.2, 0.25) is 6.79 Å². The maximum Gasteiger partial charge on any atom is 0.231 e. The van der Waals surface area contributed by atoms with E-state index >= 15 is 0 Å². The first-order chi connectivity index (χ1) is 9.72. The van der Waals surface area contributed by atoms with Gasteiger partial charge in [-0.05, 0) is 55.2 Å².